The maximum absolute atomic E-state index is 13.3. The van der Waals surface area contributed by atoms with Crippen LogP contribution >= 0.6 is 11.6 Å². The molecule has 1 saturated heterocycles. The number of benzene rings is 2. The zero-order valence-corrected chi connectivity index (χ0v) is 16.9. The van der Waals surface area contributed by atoms with Crippen LogP contribution in [0.15, 0.2) is 42.5 Å². The van der Waals surface area contributed by atoms with Gasteiger partial charge in [0, 0.05) is 31.1 Å². The Balaban J connectivity index is 1.28. The molecule has 0 bridgehead atoms. The fraction of sp³-hybridized carbons (Fsp3) is 0.391. The van der Waals surface area contributed by atoms with Crippen LogP contribution in [-0.2, 0) is 16.0 Å². The highest BCUT2D eigenvalue weighted by Crippen LogP contribution is 2.36. The molecule has 4 rings (SSSR count). The average molecular weight is 415 g/mol. The zero-order valence-electron chi connectivity index (χ0n) is 16.2. The molecule has 2 aliphatic rings. The molecule has 2 aromatic rings. The molecule has 0 aromatic heterocycles. The molecule has 152 valence electrons. The molecule has 1 atom stereocenters. The molecule has 0 saturated carbocycles. The van der Waals surface area contributed by atoms with E-state index < -0.39 is 5.82 Å². The maximum Gasteiger partial charge on any atom is 0.227 e. The minimum atomic E-state index is -0.513. The first-order chi connectivity index (χ1) is 14.0. The number of piperidine rings is 1. The summed E-state index contributed by atoms with van der Waals surface area (Å²) in [5.41, 5.74) is 3.16. The Bertz CT molecular complexity index is 925. The first-order valence-corrected chi connectivity index (χ1v) is 10.5. The molecule has 6 heteroatoms. The SMILES string of the molecule is O=C(Nc1ccc(F)c(Cl)c1)C1CCN(C(=O)CC2CCc3ccccc32)CC1. The molecule has 2 amide bonds. The minimum absolute atomic E-state index is 0.0169. The number of hydrogen-bond acceptors (Lipinski definition) is 2. The van der Waals surface area contributed by atoms with Gasteiger partial charge in [0.2, 0.25) is 11.8 Å². The summed E-state index contributed by atoms with van der Waals surface area (Å²) in [5.74, 6) is -0.292. The van der Waals surface area contributed by atoms with Gasteiger partial charge in [0.15, 0.2) is 0 Å². The normalized spacial score (nSPS) is 19.1. The van der Waals surface area contributed by atoms with Crippen LogP contribution in [0.2, 0.25) is 5.02 Å². The van der Waals surface area contributed by atoms with Crippen LogP contribution in [-0.4, -0.2) is 29.8 Å². The number of halogens is 2. The Morgan fingerprint density at radius 2 is 1.86 bits per heavy atom. The van der Waals surface area contributed by atoms with Gasteiger partial charge in [0.05, 0.1) is 5.02 Å². The van der Waals surface area contributed by atoms with Crippen molar-refractivity contribution in [3.63, 3.8) is 0 Å². The third-order valence-electron chi connectivity index (χ3n) is 6.08. The molecule has 1 heterocycles. The van der Waals surface area contributed by atoms with Crippen LogP contribution in [0.5, 0.6) is 0 Å². The van der Waals surface area contributed by atoms with E-state index in [4.69, 9.17) is 11.6 Å². The van der Waals surface area contributed by atoms with Gasteiger partial charge >= 0.3 is 0 Å². The Morgan fingerprint density at radius 1 is 1.10 bits per heavy atom. The summed E-state index contributed by atoms with van der Waals surface area (Å²) in [4.78, 5) is 27.2. The van der Waals surface area contributed by atoms with Gasteiger partial charge in [0.25, 0.3) is 0 Å². The molecule has 0 radical (unpaired) electrons. The summed E-state index contributed by atoms with van der Waals surface area (Å²) in [6.07, 6.45) is 3.89. The third kappa shape index (κ3) is 4.45. The van der Waals surface area contributed by atoms with Crippen LogP contribution in [0.1, 0.15) is 42.7 Å². The molecule has 1 fully saturated rings. The first-order valence-electron chi connectivity index (χ1n) is 10.1. The van der Waals surface area contributed by atoms with Gasteiger partial charge in [-0.1, -0.05) is 35.9 Å². The van der Waals surface area contributed by atoms with E-state index in [-0.39, 0.29) is 22.8 Å². The third-order valence-corrected chi connectivity index (χ3v) is 6.37. The molecule has 2 aromatic carbocycles. The summed E-state index contributed by atoms with van der Waals surface area (Å²) in [6.45, 7) is 1.19. The van der Waals surface area contributed by atoms with Crippen LogP contribution in [0.4, 0.5) is 10.1 Å². The molecular weight excluding hydrogens is 391 g/mol. The number of nitrogens with one attached hydrogen (secondary N) is 1. The van der Waals surface area contributed by atoms with E-state index in [0.29, 0.717) is 44.0 Å². The van der Waals surface area contributed by atoms with Gasteiger partial charge < -0.3 is 10.2 Å². The van der Waals surface area contributed by atoms with E-state index in [2.05, 4.69) is 23.5 Å². The molecule has 1 aliphatic carbocycles. The molecule has 4 nitrogen and oxygen atoms in total. The van der Waals surface area contributed by atoms with Crippen molar-refractivity contribution in [2.24, 2.45) is 5.92 Å². The number of anilines is 1. The van der Waals surface area contributed by atoms with E-state index in [1.807, 2.05) is 11.0 Å². The summed E-state index contributed by atoms with van der Waals surface area (Å²) in [5, 5.41) is 2.78. The van der Waals surface area contributed by atoms with Gasteiger partial charge in [-0.25, -0.2) is 4.39 Å². The second-order valence-corrected chi connectivity index (χ2v) is 8.32. The predicted octanol–water partition coefficient (Wildman–Crippen LogP) is 4.78. The average Bonchev–Trinajstić information content (AvgIpc) is 3.14. The van der Waals surface area contributed by atoms with Gasteiger partial charge in [-0.15, -0.1) is 0 Å². The number of fused-ring (bicyclic) bond motifs is 1. The van der Waals surface area contributed by atoms with Crippen LogP contribution in [0, 0.1) is 11.7 Å². The maximum atomic E-state index is 13.3. The molecular formula is C23H24ClFN2O2. The van der Waals surface area contributed by atoms with Crippen molar-refractivity contribution in [2.75, 3.05) is 18.4 Å². The van der Waals surface area contributed by atoms with Crippen molar-refractivity contribution in [1.29, 1.82) is 0 Å². The van der Waals surface area contributed by atoms with Crippen molar-refractivity contribution >= 4 is 29.1 Å². The number of carbonyl (C=O) groups excluding carboxylic acids is 2. The predicted molar refractivity (Wildman–Crippen MR) is 111 cm³/mol. The number of nitrogens with zero attached hydrogens (tertiary/aromatic N) is 1. The monoisotopic (exact) mass is 414 g/mol. The van der Waals surface area contributed by atoms with E-state index in [1.165, 1.54) is 29.3 Å². The number of amides is 2. The zero-order chi connectivity index (χ0) is 20.4. The summed E-state index contributed by atoms with van der Waals surface area (Å²) in [7, 11) is 0. The van der Waals surface area contributed by atoms with Gasteiger partial charge in [-0.3, -0.25) is 9.59 Å². The lowest BCUT2D eigenvalue weighted by molar-refractivity contribution is -0.134. The largest absolute Gasteiger partial charge is 0.343 e. The van der Waals surface area contributed by atoms with E-state index in [1.54, 1.807) is 0 Å². The highest BCUT2D eigenvalue weighted by Gasteiger charge is 2.30. The molecule has 1 unspecified atom stereocenters. The number of rotatable bonds is 4. The lowest BCUT2D eigenvalue weighted by Gasteiger charge is -2.32. The van der Waals surface area contributed by atoms with Gasteiger partial charge in [-0.05, 0) is 60.9 Å². The van der Waals surface area contributed by atoms with Crippen molar-refractivity contribution in [2.45, 2.75) is 38.0 Å². The summed E-state index contributed by atoms with van der Waals surface area (Å²) >= 11 is 5.77. The summed E-state index contributed by atoms with van der Waals surface area (Å²) < 4.78 is 13.3. The quantitative estimate of drug-likeness (QED) is 0.782. The fourth-order valence-corrected chi connectivity index (χ4v) is 4.59. The van der Waals surface area contributed by atoms with Crippen LogP contribution < -0.4 is 5.32 Å². The lowest BCUT2D eigenvalue weighted by atomic mass is 9.93. The van der Waals surface area contributed by atoms with E-state index in [0.717, 1.165) is 12.8 Å². The Hall–Kier alpha value is -2.40. The molecule has 29 heavy (non-hydrogen) atoms. The molecule has 1 aliphatic heterocycles. The van der Waals surface area contributed by atoms with Crippen molar-refractivity contribution < 1.29 is 14.0 Å². The van der Waals surface area contributed by atoms with E-state index in [9.17, 15) is 14.0 Å². The standard InChI is InChI=1S/C23H24ClFN2O2/c24-20-14-18(7-8-21(20)25)26-23(29)16-9-11-27(12-10-16)22(28)13-17-6-5-15-3-1-2-4-19(15)17/h1-4,7-8,14,16-17H,5-6,9-13H2,(H,26,29). The van der Waals surface area contributed by atoms with Crippen LogP contribution in [0.25, 0.3) is 0 Å². The Labute approximate surface area is 175 Å². The number of hydrogen-bond donors (Lipinski definition) is 1. The van der Waals surface area contributed by atoms with Crippen molar-refractivity contribution in [3.8, 4) is 0 Å². The first kappa shape index (κ1) is 19.9. The number of likely N-dealkylation sites (tertiary alicyclic amines) is 1. The fourth-order valence-electron chi connectivity index (χ4n) is 4.41. The number of aryl methyl sites for hydroxylation is 1. The van der Waals surface area contributed by atoms with Gasteiger partial charge in [0.1, 0.15) is 5.82 Å². The minimum Gasteiger partial charge on any atom is -0.343 e. The highest BCUT2D eigenvalue weighted by atomic mass is 35.5. The van der Waals surface area contributed by atoms with Crippen molar-refractivity contribution in [1.82, 2.24) is 4.90 Å². The number of carbonyl (C=O) groups is 2. The Morgan fingerprint density at radius 3 is 2.62 bits per heavy atom. The molecule has 0 spiro atoms. The Kier molecular flexibility index (Phi) is 5.86. The smallest absolute Gasteiger partial charge is 0.227 e. The van der Waals surface area contributed by atoms with E-state index >= 15 is 0 Å². The topological polar surface area (TPSA) is 49.4 Å². The van der Waals surface area contributed by atoms with Crippen LogP contribution in [0.3, 0.4) is 0 Å². The van der Waals surface area contributed by atoms with Gasteiger partial charge in [-0.2, -0.15) is 0 Å². The second-order valence-electron chi connectivity index (χ2n) is 7.91. The van der Waals surface area contributed by atoms with Crippen molar-refractivity contribution in [3.05, 3.63) is 64.4 Å². The summed E-state index contributed by atoms with van der Waals surface area (Å²) in [6, 6.07) is 12.5. The second kappa shape index (κ2) is 8.54. The highest BCUT2D eigenvalue weighted by molar-refractivity contribution is 6.31. The lowest BCUT2D eigenvalue weighted by Crippen LogP contribution is -2.41. The molecule has 1 N–H and O–H groups in total.